The van der Waals surface area contributed by atoms with Crippen molar-refractivity contribution in [2.24, 2.45) is 15.4 Å². The highest BCUT2D eigenvalue weighted by Gasteiger charge is 2.36. The van der Waals surface area contributed by atoms with Gasteiger partial charge in [-0.15, -0.1) is 5.10 Å². The van der Waals surface area contributed by atoms with E-state index in [1.165, 1.54) is 35.2 Å². The second-order valence-corrected chi connectivity index (χ2v) is 9.33. The van der Waals surface area contributed by atoms with Gasteiger partial charge in [-0.05, 0) is 41.2 Å². The molecule has 0 spiro atoms. The molecule has 140 valence electrons. The number of nitrogens with zero attached hydrogens (tertiary/aromatic N) is 4. The van der Waals surface area contributed by atoms with Crippen molar-refractivity contribution in [2.45, 2.75) is 64.7 Å². The highest BCUT2D eigenvalue weighted by Crippen LogP contribution is 2.44. The van der Waals surface area contributed by atoms with Crippen LogP contribution in [0, 0.1) is 0 Å². The normalized spacial score (nSPS) is 18.3. The fourth-order valence-corrected chi connectivity index (χ4v) is 4.34. The average Bonchev–Trinajstić information content (AvgIpc) is 3.14. The maximum atomic E-state index is 5.30. The van der Waals surface area contributed by atoms with Gasteiger partial charge in [-0.2, -0.15) is 5.11 Å². The Morgan fingerprint density at radius 1 is 1.00 bits per heavy atom. The Morgan fingerprint density at radius 3 is 2.37 bits per heavy atom. The van der Waals surface area contributed by atoms with E-state index in [1.54, 1.807) is 0 Å². The van der Waals surface area contributed by atoms with Gasteiger partial charge >= 0.3 is 0 Å². The minimum atomic E-state index is -0.0907. The van der Waals surface area contributed by atoms with E-state index in [2.05, 4.69) is 80.4 Å². The molecule has 0 unspecified atom stereocenters. The maximum absolute atomic E-state index is 5.30. The third kappa shape index (κ3) is 3.11. The molecule has 2 aliphatic rings. The number of rotatable bonds is 2. The zero-order chi connectivity index (χ0) is 19.2. The Bertz CT molecular complexity index is 931. The summed E-state index contributed by atoms with van der Waals surface area (Å²) in [5, 5.41) is 12.4. The second kappa shape index (κ2) is 6.36. The molecule has 2 heterocycles. The van der Waals surface area contributed by atoms with Crippen LogP contribution < -0.4 is 0 Å². The van der Waals surface area contributed by atoms with E-state index in [0.717, 1.165) is 23.4 Å². The highest BCUT2D eigenvalue weighted by atomic mass is 15.4. The summed E-state index contributed by atoms with van der Waals surface area (Å²) in [6, 6.07) is 10.7. The molecule has 0 fully saturated rings. The van der Waals surface area contributed by atoms with E-state index in [0.29, 0.717) is 6.54 Å². The molecule has 0 bridgehead atoms. The molecule has 0 atom stereocenters. The summed E-state index contributed by atoms with van der Waals surface area (Å²) >= 11 is 0. The van der Waals surface area contributed by atoms with Crippen LogP contribution in [0.25, 0.3) is 11.1 Å². The first-order valence-electron chi connectivity index (χ1n) is 9.86. The van der Waals surface area contributed by atoms with Crippen molar-refractivity contribution in [1.82, 2.24) is 4.98 Å². The van der Waals surface area contributed by atoms with Crippen LogP contribution in [0.3, 0.4) is 0 Å². The third-order valence-corrected chi connectivity index (χ3v) is 5.68. The van der Waals surface area contributed by atoms with Crippen LogP contribution >= 0.6 is 0 Å². The van der Waals surface area contributed by atoms with E-state index in [-0.39, 0.29) is 10.8 Å². The van der Waals surface area contributed by atoms with E-state index >= 15 is 0 Å². The van der Waals surface area contributed by atoms with E-state index in [4.69, 9.17) is 4.98 Å². The minimum Gasteiger partial charge on any atom is -0.256 e. The second-order valence-electron chi connectivity index (χ2n) is 9.33. The monoisotopic (exact) mass is 360 g/mol. The molecule has 1 aliphatic carbocycles. The van der Waals surface area contributed by atoms with Crippen LogP contribution in [-0.4, -0.2) is 17.2 Å². The van der Waals surface area contributed by atoms with Gasteiger partial charge in [0, 0.05) is 16.4 Å². The Balaban J connectivity index is 2.13. The van der Waals surface area contributed by atoms with Crippen LogP contribution in [0.5, 0.6) is 0 Å². The highest BCUT2D eigenvalue weighted by molar-refractivity contribution is 6.09. The molecule has 0 radical (unpaired) electrons. The Labute approximate surface area is 161 Å². The minimum absolute atomic E-state index is 0.0852. The van der Waals surface area contributed by atoms with Gasteiger partial charge in [0.15, 0.2) is 0 Å². The van der Waals surface area contributed by atoms with Crippen molar-refractivity contribution in [3.05, 3.63) is 52.8 Å². The largest absolute Gasteiger partial charge is 0.256 e. The summed E-state index contributed by atoms with van der Waals surface area (Å²) < 4.78 is 0. The van der Waals surface area contributed by atoms with Gasteiger partial charge in [0.25, 0.3) is 0 Å². The maximum Gasteiger partial charge on any atom is 0.107 e. The lowest BCUT2D eigenvalue weighted by molar-refractivity contribution is 0.412. The molecule has 4 rings (SSSR count). The predicted octanol–water partition coefficient (Wildman–Crippen LogP) is 5.83. The summed E-state index contributed by atoms with van der Waals surface area (Å²) in [5.74, 6) is 0. The van der Waals surface area contributed by atoms with Crippen LogP contribution in [0.4, 0.5) is 0 Å². The number of hydrogen-bond donors (Lipinski definition) is 0. The standard InChI is InChI=1S/C23H28N4/c1-22(2,3)21-19(17-14-24-27-26-17)18(15-10-7-6-8-11-15)16-12-9-13-23(4,5)20(16)25-21/h6-8,10-11H,9,12-14H2,1-5H3. The van der Waals surface area contributed by atoms with E-state index in [9.17, 15) is 0 Å². The zero-order valence-corrected chi connectivity index (χ0v) is 17.0. The summed E-state index contributed by atoms with van der Waals surface area (Å²) in [4.78, 5) is 5.30. The van der Waals surface area contributed by atoms with Gasteiger partial charge in [0.2, 0.25) is 0 Å². The van der Waals surface area contributed by atoms with Crippen molar-refractivity contribution in [2.75, 3.05) is 6.54 Å². The van der Waals surface area contributed by atoms with E-state index < -0.39 is 0 Å². The van der Waals surface area contributed by atoms with Crippen LogP contribution in [0.2, 0.25) is 0 Å². The topological polar surface area (TPSA) is 50.0 Å². The Hall–Kier alpha value is -2.36. The van der Waals surface area contributed by atoms with Gasteiger partial charge in [0.1, 0.15) is 6.54 Å². The SMILES string of the molecule is CC(C)(C)c1nc2c(c(-c3ccccc3)c1C1=NN=NC1)CCCC2(C)C. The molecule has 1 aliphatic heterocycles. The van der Waals surface area contributed by atoms with Crippen LogP contribution in [0.1, 0.15) is 70.0 Å². The lowest BCUT2D eigenvalue weighted by Crippen LogP contribution is -2.31. The summed E-state index contributed by atoms with van der Waals surface area (Å²) in [5.41, 5.74) is 8.37. The molecule has 0 saturated carbocycles. The third-order valence-electron chi connectivity index (χ3n) is 5.68. The van der Waals surface area contributed by atoms with Crippen molar-refractivity contribution in [3.63, 3.8) is 0 Å². The summed E-state index contributed by atoms with van der Waals surface area (Å²) in [6.07, 6.45) is 3.43. The van der Waals surface area contributed by atoms with Crippen LogP contribution in [0.15, 0.2) is 45.8 Å². The van der Waals surface area contributed by atoms with Crippen molar-refractivity contribution in [3.8, 4) is 11.1 Å². The van der Waals surface area contributed by atoms with Crippen LogP contribution in [-0.2, 0) is 17.3 Å². The average molecular weight is 361 g/mol. The molecule has 2 aromatic rings. The quantitative estimate of drug-likeness (QED) is 0.664. The molecule has 0 N–H and O–H groups in total. The Morgan fingerprint density at radius 2 is 1.74 bits per heavy atom. The van der Waals surface area contributed by atoms with Gasteiger partial charge in [0.05, 0.1) is 17.1 Å². The number of aromatic nitrogens is 1. The smallest absolute Gasteiger partial charge is 0.107 e. The van der Waals surface area contributed by atoms with Crippen molar-refractivity contribution >= 4 is 5.71 Å². The fourth-order valence-electron chi connectivity index (χ4n) is 4.34. The molecule has 4 heteroatoms. The molecular formula is C23H28N4. The lowest BCUT2D eigenvalue weighted by Gasteiger charge is -2.36. The first-order chi connectivity index (χ1) is 12.8. The fraction of sp³-hybridized carbons (Fsp3) is 0.478. The number of fused-ring (bicyclic) bond motifs is 1. The number of pyridine rings is 1. The zero-order valence-electron chi connectivity index (χ0n) is 17.0. The molecule has 1 aromatic carbocycles. The predicted molar refractivity (Wildman–Crippen MR) is 111 cm³/mol. The molecule has 0 saturated heterocycles. The van der Waals surface area contributed by atoms with Gasteiger partial charge in [-0.1, -0.05) is 65.0 Å². The van der Waals surface area contributed by atoms with Gasteiger partial charge < -0.3 is 0 Å². The summed E-state index contributed by atoms with van der Waals surface area (Å²) in [6.45, 7) is 11.9. The Kier molecular flexibility index (Phi) is 4.25. The van der Waals surface area contributed by atoms with Gasteiger partial charge in [-0.3, -0.25) is 4.98 Å². The molecular weight excluding hydrogens is 332 g/mol. The first kappa shape index (κ1) is 18.0. The molecule has 4 nitrogen and oxygen atoms in total. The number of hydrogen-bond acceptors (Lipinski definition) is 4. The van der Waals surface area contributed by atoms with Gasteiger partial charge in [-0.25, -0.2) is 0 Å². The molecule has 0 amide bonds. The van der Waals surface area contributed by atoms with E-state index in [1.807, 2.05) is 0 Å². The van der Waals surface area contributed by atoms with Crippen molar-refractivity contribution in [1.29, 1.82) is 0 Å². The molecule has 1 aromatic heterocycles. The molecule has 27 heavy (non-hydrogen) atoms. The first-order valence-corrected chi connectivity index (χ1v) is 9.86. The lowest BCUT2D eigenvalue weighted by atomic mass is 9.71. The van der Waals surface area contributed by atoms with Crippen molar-refractivity contribution < 1.29 is 0 Å². The number of benzene rings is 1. The summed E-state index contributed by atoms with van der Waals surface area (Å²) in [7, 11) is 0.